The Kier molecular flexibility index (Phi) is 9.41. The molecule has 5 N–H and O–H groups in total. The van der Waals surface area contributed by atoms with Gasteiger partial charge in [-0.3, -0.25) is 0 Å². The predicted octanol–water partition coefficient (Wildman–Crippen LogP) is 6.17. The lowest BCUT2D eigenvalue weighted by Gasteiger charge is -2.42. The Balaban J connectivity index is 0.00000186. The molecule has 37 heavy (non-hydrogen) atoms. The van der Waals surface area contributed by atoms with Crippen LogP contribution in [0, 0.1) is 20.8 Å². The highest BCUT2D eigenvalue weighted by atomic mass is 16.3. The highest BCUT2D eigenvalue weighted by molar-refractivity contribution is 5.51. The molecule has 0 aromatic heterocycles. The molecule has 1 fully saturated rings. The normalized spacial score (nSPS) is 19.3. The average Bonchev–Trinajstić information content (AvgIpc) is 2.91. The Morgan fingerprint density at radius 2 is 1.11 bits per heavy atom. The third kappa shape index (κ3) is 5.69. The fourth-order valence-corrected chi connectivity index (χ4v) is 5.96. The van der Waals surface area contributed by atoms with Gasteiger partial charge in [-0.1, -0.05) is 49.2 Å². The minimum absolute atomic E-state index is 0.0425. The van der Waals surface area contributed by atoms with Crippen LogP contribution in [0.5, 0.6) is 11.5 Å². The molecule has 0 spiro atoms. The minimum Gasteiger partial charge on any atom is -0.507 e. The number of aryl methyl sites for hydroxylation is 3. The van der Waals surface area contributed by atoms with E-state index in [4.69, 9.17) is 0 Å². The van der Waals surface area contributed by atoms with E-state index in [9.17, 15) is 25.5 Å². The average molecular weight is 507 g/mol. The summed E-state index contributed by atoms with van der Waals surface area (Å²) in [4.78, 5) is 0. The van der Waals surface area contributed by atoms with Gasteiger partial charge in [0.15, 0.2) is 0 Å². The van der Waals surface area contributed by atoms with Crippen molar-refractivity contribution >= 4 is 0 Å². The fraction of sp³-hybridized carbons (Fsp3) is 0.438. The van der Waals surface area contributed by atoms with Crippen LogP contribution in [0.1, 0.15) is 95.5 Å². The minimum atomic E-state index is -0.319. The van der Waals surface area contributed by atoms with E-state index in [1.165, 1.54) is 16.7 Å². The SMILES string of the molecule is CC.Cc1cc(C)cc(C2(c3cc(CO)c(O)c(CO)c3)CCC(c3cc(C)c(O)c(CO)c3)CC2)c1. The molecule has 0 bridgehead atoms. The summed E-state index contributed by atoms with van der Waals surface area (Å²) in [6.07, 6.45) is 3.53. The van der Waals surface area contributed by atoms with Crippen LogP contribution in [-0.4, -0.2) is 25.5 Å². The Hall–Kier alpha value is -2.86. The Labute approximate surface area is 221 Å². The summed E-state index contributed by atoms with van der Waals surface area (Å²) in [5.41, 5.74) is 7.60. The smallest absolute Gasteiger partial charge is 0.126 e. The third-order valence-electron chi connectivity index (χ3n) is 7.82. The summed E-state index contributed by atoms with van der Waals surface area (Å²) in [7, 11) is 0. The molecule has 1 saturated carbocycles. The summed E-state index contributed by atoms with van der Waals surface area (Å²) in [5, 5.41) is 50.3. The van der Waals surface area contributed by atoms with E-state index in [1.807, 2.05) is 45.0 Å². The molecule has 0 radical (unpaired) electrons. The molecule has 0 amide bonds. The van der Waals surface area contributed by atoms with Gasteiger partial charge in [0, 0.05) is 22.1 Å². The third-order valence-corrected chi connectivity index (χ3v) is 7.82. The quantitative estimate of drug-likeness (QED) is 0.275. The number of hydrogen-bond acceptors (Lipinski definition) is 5. The van der Waals surface area contributed by atoms with Gasteiger partial charge in [-0.15, -0.1) is 0 Å². The van der Waals surface area contributed by atoms with E-state index >= 15 is 0 Å². The lowest BCUT2D eigenvalue weighted by atomic mass is 9.61. The highest BCUT2D eigenvalue weighted by Crippen LogP contribution is 2.50. The first-order valence-electron chi connectivity index (χ1n) is 13.3. The van der Waals surface area contributed by atoms with Gasteiger partial charge in [-0.25, -0.2) is 0 Å². The molecule has 3 aromatic rings. The lowest BCUT2D eigenvalue weighted by molar-refractivity contribution is 0.261. The maximum absolute atomic E-state index is 10.5. The molecule has 5 heteroatoms. The highest BCUT2D eigenvalue weighted by Gasteiger charge is 2.40. The first-order valence-corrected chi connectivity index (χ1v) is 13.3. The zero-order chi connectivity index (χ0) is 27.3. The van der Waals surface area contributed by atoms with Gasteiger partial charge in [0.05, 0.1) is 19.8 Å². The molecule has 0 atom stereocenters. The zero-order valence-electron chi connectivity index (χ0n) is 22.8. The molecule has 4 rings (SSSR count). The molecule has 200 valence electrons. The van der Waals surface area contributed by atoms with Crippen molar-refractivity contribution in [3.63, 3.8) is 0 Å². The summed E-state index contributed by atoms with van der Waals surface area (Å²) in [6.45, 7) is 9.27. The van der Waals surface area contributed by atoms with Crippen LogP contribution in [0.2, 0.25) is 0 Å². The van der Waals surface area contributed by atoms with Crippen molar-refractivity contribution in [2.24, 2.45) is 0 Å². The van der Waals surface area contributed by atoms with Crippen LogP contribution in [0.15, 0.2) is 42.5 Å². The molecule has 0 heterocycles. The van der Waals surface area contributed by atoms with E-state index in [2.05, 4.69) is 32.0 Å². The van der Waals surface area contributed by atoms with Crippen LogP contribution in [-0.2, 0) is 25.2 Å². The summed E-state index contributed by atoms with van der Waals surface area (Å²) < 4.78 is 0. The van der Waals surface area contributed by atoms with Crippen LogP contribution in [0.3, 0.4) is 0 Å². The molecular weight excluding hydrogens is 464 g/mol. The first kappa shape index (κ1) is 28.7. The maximum Gasteiger partial charge on any atom is 0.126 e. The number of hydrogen-bond donors (Lipinski definition) is 5. The van der Waals surface area contributed by atoms with Gasteiger partial charge in [0.2, 0.25) is 0 Å². The molecule has 0 unspecified atom stereocenters. The van der Waals surface area contributed by atoms with Gasteiger partial charge in [-0.2, -0.15) is 0 Å². The number of aromatic hydroxyl groups is 2. The van der Waals surface area contributed by atoms with Gasteiger partial charge >= 0.3 is 0 Å². The number of aliphatic hydroxyl groups excluding tert-OH is 3. The van der Waals surface area contributed by atoms with Crippen molar-refractivity contribution in [2.75, 3.05) is 0 Å². The number of rotatable bonds is 6. The number of aliphatic hydroxyl groups is 3. The lowest BCUT2D eigenvalue weighted by Crippen LogP contribution is -2.33. The second-order valence-electron chi connectivity index (χ2n) is 10.2. The number of benzene rings is 3. The number of phenols is 2. The molecular formula is C32H42O5. The van der Waals surface area contributed by atoms with E-state index in [-0.39, 0.29) is 36.7 Å². The summed E-state index contributed by atoms with van der Waals surface area (Å²) >= 11 is 0. The van der Waals surface area contributed by atoms with Crippen molar-refractivity contribution < 1.29 is 25.5 Å². The summed E-state index contributed by atoms with van der Waals surface area (Å²) in [6, 6.07) is 14.3. The maximum atomic E-state index is 10.5. The standard InChI is InChI=1S/C30H36O5.C2H6/c1-18-8-19(2)10-26(9-18)30(27-13-24(16-32)29(35)25(14-27)17-33)6-4-21(5-7-30)22-11-20(3)28(34)23(12-22)15-31;1-2/h8-14,21,31-35H,4-7,15-17H2,1-3H3;1-2H3. The van der Waals surface area contributed by atoms with Gasteiger partial charge in [0.1, 0.15) is 11.5 Å². The Bertz CT molecular complexity index is 1180. The van der Waals surface area contributed by atoms with Gasteiger partial charge < -0.3 is 25.5 Å². The van der Waals surface area contributed by atoms with Crippen LogP contribution >= 0.6 is 0 Å². The van der Waals surface area contributed by atoms with Crippen molar-refractivity contribution in [1.29, 1.82) is 0 Å². The van der Waals surface area contributed by atoms with Gasteiger partial charge in [0.25, 0.3) is 0 Å². The van der Waals surface area contributed by atoms with E-state index < -0.39 is 0 Å². The Morgan fingerprint density at radius 1 is 0.649 bits per heavy atom. The van der Waals surface area contributed by atoms with Gasteiger partial charge in [-0.05, 0) is 92.8 Å². The zero-order valence-corrected chi connectivity index (χ0v) is 22.8. The van der Waals surface area contributed by atoms with Crippen molar-refractivity contribution in [3.05, 3.63) is 92.5 Å². The van der Waals surface area contributed by atoms with Crippen molar-refractivity contribution in [3.8, 4) is 11.5 Å². The molecule has 0 saturated heterocycles. The largest absolute Gasteiger partial charge is 0.507 e. The predicted molar refractivity (Wildman–Crippen MR) is 148 cm³/mol. The molecule has 3 aromatic carbocycles. The van der Waals surface area contributed by atoms with Crippen molar-refractivity contribution in [1.82, 2.24) is 0 Å². The van der Waals surface area contributed by atoms with Crippen LogP contribution in [0.25, 0.3) is 0 Å². The summed E-state index contributed by atoms with van der Waals surface area (Å²) in [5.74, 6) is 0.415. The van der Waals surface area contributed by atoms with Crippen LogP contribution < -0.4 is 0 Å². The molecule has 1 aliphatic carbocycles. The van der Waals surface area contributed by atoms with E-state index in [0.717, 1.165) is 42.4 Å². The fourth-order valence-electron chi connectivity index (χ4n) is 5.96. The van der Waals surface area contributed by atoms with E-state index in [1.54, 1.807) is 0 Å². The second kappa shape index (κ2) is 12.1. The van der Waals surface area contributed by atoms with E-state index in [0.29, 0.717) is 22.6 Å². The topological polar surface area (TPSA) is 101 Å². The molecule has 0 aliphatic heterocycles. The second-order valence-corrected chi connectivity index (χ2v) is 10.2. The van der Waals surface area contributed by atoms with Crippen LogP contribution in [0.4, 0.5) is 0 Å². The first-order chi connectivity index (χ1) is 17.7. The molecule has 5 nitrogen and oxygen atoms in total. The monoisotopic (exact) mass is 506 g/mol. The molecule has 1 aliphatic rings. The Morgan fingerprint density at radius 3 is 1.59 bits per heavy atom. The van der Waals surface area contributed by atoms with Crippen molar-refractivity contribution in [2.45, 2.75) is 91.5 Å².